The van der Waals surface area contributed by atoms with E-state index in [0.29, 0.717) is 37.3 Å². The van der Waals surface area contributed by atoms with Gasteiger partial charge in [0.25, 0.3) is 5.91 Å². The van der Waals surface area contributed by atoms with Gasteiger partial charge >= 0.3 is 5.63 Å². The molecule has 8 heteroatoms. The van der Waals surface area contributed by atoms with Gasteiger partial charge in [0, 0.05) is 36.5 Å². The van der Waals surface area contributed by atoms with Gasteiger partial charge in [0.05, 0.1) is 12.1 Å². The molecule has 32 heavy (non-hydrogen) atoms. The van der Waals surface area contributed by atoms with E-state index < -0.39 is 17.1 Å². The first kappa shape index (κ1) is 22.3. The molecular weight excluding hydrogens is 412 g/mol. The lowest BCUT2D eigenvalue weighted by molar-refractivity contribution is -0.143. The van der Waals surface area contributed by atoms with E-state index in [9.17, 15) is 19.5 Å². The lowest BCUT2D eigenvalue weighted by Gasteiger charge is -2.47. The number of likely N-dealkylation sites (tertiary alicyclic amines) is 1. The number of hydrogen-bond acceptors (Lipinski definition) is 6. The van der Waals surface area contributed by atoms with Crippen molar-refractivity contribution in [3.63, 3.8) is 0 Å². The van der Waals surface area contributed by atoms with Crippen molar-refractivity contribution >= 4 is 22.8 Å². The maximum Gasteiger partial charge on any atom is 0.336 e. The van der Waals surface area contributed by atoms with Gasteiger partial charge in [-0.2, -0.15) is 0 Å². The maximum atomic E-state index is 12.5. The van der Waals surface area contributed by atoms with Crippen molar-refractivity contribution in [3.8, 4) is 5.75 Å². The number of amides is 2. The van der Waals surface area contributed by atoms with Gasteiger partial charge in [-0.05, 0) is 43.4 Å². The van der Waals surface area contributed by atoms with Crippen LogP contribution in [0.25, 0.3) is 11.0 Å². The van der Waals surface area contributed by atoms with Gasteiger partial charge < -0.3 is 24.5 Å². The van der Waals surface area contributed by atoms with Gasteiger partial charge in [-0.15, -0.1) is 0 Å². The molecule has 2 unspecified atom stereocenters. The smallest absolute Gasteiger partial charge is 0.336 e. The third-order valence-corrected chi connectivity index (χ3v) is 6.77. The number of nitrogens with zero attached hydrogens (tertiary/aromatic N) is 1. The summed E-state index contributed by atoms with van der Waals surface area (Å²) in [5.41, 5.74) is 0.244. The molecular formula is C24H30N2O6. The van der Waals surface area contributed by atoms with Crippen LogP contribution >= 0.6 is 0 Å². The minimum atomic E-state index is -0.636. The highest BCUT2D eigenvalue weighted by Crippen LogP contribution is 2.39. The largest absolute Gasteiger partial charge is 0.484 e. The SMILES string of the molecule is CCc1cc(=O)oc2cc(OCC(=O)NCC(=O)N3CCC4(O)CCCCC4C3)ccc12. The predicted octanol–water partition coefficient (Wildman–Crippen LogP) is 2.00. The Bertz CT molecular complexity index is 1060. The molecule has 0 spiro atoms. The minimum Gasteiger partial charge on any atom is -0.484 e. The summed E-state index contributed by atoms with van der Waals surface area (Å²) in [7, 11) is 0. The van der Waals surface area contributed by atoms with Gasteiger partial charge in [-0.3, -0.25) is 9.59 Å². The highest BCUT2D eigenvalue weighted by atomic mass is 16.5. The molecule has 0 bridgehead atoms. The Labute approximate surface area is 186 Å². The van der Waals surface area contributed by atoms with Crippen LogP contribution in [0.15, 0.2) is 33.5 Å². The topological polar surface area (TPSA) is 109 Å². The number of piperidine rings is 1. The Morgan fingerprint density at radius 1 is 1.28 bits per heavy atom. The summed E-state index contributed by atoms with van der Waals surface area (Å²) in [4.78, 5) is 38.2. The molecule has 4 rings (SSSR count). The number of carbonyl (C=O) groups is 2. The second-order valence-electron chi connectivity index (χ2n) is 8.80. The summed E-state index contributed by atoms with van der Waals surface area (Å²) in [5.74, 6) is -0.0314. The maximum absolute atomic E-state index is 12.5. The summed E-state index contributed by atoms with van der Waals surface area (Å²) in [6.07, 6.45) is 5.17. The van der Waals surface area contributed by atoms with Crippen molar-refractivity contribution < 1.29 is 23.8 Å². The van der Waals surface area contributed by atoms with E-state index in [2.05, 4.69) is 5.32 Å². The average molecular weight is 443 g/mol. The summed E-state index contributed by atoms with van der Waals surface area (Å²) in [6.45, 7) is 2.67. The zero-order valence-electron chi connectivity index (χ0n) is 18.4. The minimum absolute atomic E-state index is 0.0974. The van der Waals surface area contributed by atoms with Crippen LogP contribution in [-0.4, -0.2) is 53.7 Å². The van der Waals surface area contributed by atoms with Gasteiger partial charge in [0.1, 0.15) is 11.3 Å². The fourth-order valence-corrected chi connectivity index (χ4v) is 4.88. The van der Waals surface area contributed by atoms with Crippen LogP contribution in [0.5, 0.6) is 5.75 Å². The lowest BCUT2D eigenvalue weighted by atomic mass is 9.71. The van der Waals surface area contributed by atoms with E-state index in [1.165, 1.54) is 6.07 Å². The summed E-state index contributed by atoms with van der Waals surface area (Å²) in [5, 5.41) is 14.2. The molecule has 2 N–H and O–H groups in total. The number of carbonyl (C=O) groups excluding carboxylic acids is 2. The van der Waals surface area contributed by atoms with Crippen molar-refractivity contribution in [2.24, 2.45) is 5.92 Å². The molecule has 1 aliphatic carbocycles. The molecule has 1 aromatic carbocycles. The third-order valence-electron chi connectivity index (χ3n) is 6.77. The van der Waals surface area contributed by atoms with E-state index in [-0.39, 0.29) is 25.0 Å². The molecule has 2 fully saturated rings. The van der Waals surface area contributed by atoms with E-state index in [0.717, 1.165) is 36.6 Å². The summed E-state index contributed by atoms with van der Waals surface area (Å²) < 4.78 is 10.8. The molecule has 1 aromatic heterocycles. The van der Waals surface area contributed by atoms with E-state index in [1.807, 2.05) is 6.92 Å². The normalized spacial score (nSPS) is 22.9. The number of fused-ring (bicyclic) bond motifs is 2. The number of rotatable bonds is 6. The number of hydrogen-bond donors (Lipinski definition) is 2. The van der Waals surface area contributed by atoms with Crippen LogP contribution in [0.1, 0.15) is 44.6 Å². The van der Waals surface area contributed by atoms with Crippen LogP contribution in [0.2, 0.25) is 0 Å². The monoisotopic (exact) mass is 442 g/mol. The van der Waals surface area contributed by atoms with Crippen molar-refractivity contribution in [2.75, 3.05) is 26.2 Å². The zero-order valence-corrected chi connectivity index (χ0v) is 18.4. The molecule has 0 radical (unpaired) electrons. The highest BCUT2D eigenvalue weighted by molar-refractivity contribution is 5.86. The molecule has 2 atom stereocenters. The van der Waals surface area contributed by atoms with Crippen LogP contribution in [0.4, 0.5) is 0 Å². The Balaban J connectivity index is 1.27. The van der Waals surface area contributed by atoms with Gasteiger partial charge in [0.15, 0.2) is 6.61 Å². The van der Waals surface area contributed by atoms with Crippen LogP contribution in [-0.2, 0) is 16.0 Å². The standard InChI is InChI=1S/C24H30N2O6/c1-2-16-11-23(29)32-20-12-18(6-7-19(16)20)31-15-21(27)25-13-22(28)26-10-9-24(30)8-4-3-5-17(24)14-26/h6-7,11-12,17,30H,2-5,8-10,13-15H2,1H3,(H,25,27). The molecule has 2 heterocycles. The lowest BCUT2D eigenvalue weighted by Crippen LogP contribution is -2.56. The zero-order chi connectivity index (χ0) is 22.7. The number of ether oxygens (including phenoxy) is 1. The second-order valence-corrected chi connectivity index (χ2v) is 8.80. The first-order chi connectivity index (χ1) is 15.4. The first-order valence-corrected chi connectivity index (χ1v) is 11.3. The van der Waals surface area contributed by atoms with Crippen molar-refractivity contribution in [1.29, 1.82) is 0 Å². The van der Waals surface area contributed by atoms with E-state index in [1.54, 1.807) is 23.1 Å². The van der Waals surface area contributed by atoms with Crippen LogP contribution < -0.4 is 15.7 Å². The Morgan fingerprint density at radius 2 is 2.12 bits per heavy atom. The van der Waals surface area contributed by atoms with Crippen LogP contribution in [0.3, 0.4) is 0 Å². The van der Waals surface area contributed by atoms with Crippen molar-refractivity contribution in [2.45, 2.75) is 51.0 Å². The number of aryl methyl sites for hydroxylation is 1. The number of benzene rings is 1. The molecule has 1 saturated heterocycles. The molecule has 2 aliphatic rings. The van der Waals surface area contributed by atoms with Gasteiger partial charge in [0.2, 0.25) is 5.91 Å². The summed E-state index contributed by atoms with van der Waals surface area (Å²) >= 11 is 0. The van der Waals surface area contributed by atoms with Gasteiger partial charge in [-0.1, -0.05) is 19.8 Å². The predicted molar refractivity (Wildman–Crippen MR) is 118 cm³/mol. The first-order valence-electron chi connectivity index (χ1n) is 11.3. The molecule has 1 saturated carbocycles. The highest BCUT2D eigenvalue weighted by Gasteiger charge is 2.43. The molecule has 1 aliphatic heterocycles. The molecule has 2 amide bonds. The fraction of sp³-hybridized carbons (Fsp3) is 0.542. The summed E-state index contributed by atoms with van der Waals surface area (Å²) in [6, 6.07) is 6.59. The Kier molecular flexibility index (Phi) is 6.50. The number of nitrogens with one attached hydrogen (secondary N) is 1. The van der Waals surface area contributed by atoms with Crippen molar-refractivity contribution in [1.82, 2.24) is 10.2 Å². The van der Waals surface area contributed by atoms with E-state index in [4.69, 9.17) is 9.15 Å². The molecule has 8 nitrogen and oxygen atoms in total. The second kappa shape index (κ2) is 9.32. The molecule has 2 aromatic rings. The molecule has 172 valence electrons. The van der Waals surface area contributed by atoms with Crippen molar-refractivity contribution in [3.05, 3.63) is 40.2 Å². The van der Waals surface area contributed by atoms with E-state index >= 15 is 0 Å². The Hall–Kier alpha value is -2.87. The number of aliphatic hydroxyl groups is 1. The quantitative estimate of drug-likeness (QED) is 0.663. The van der Waals surface area contributed by atoms with Crippen LogP contribution in [0, 0.1) is 5.92 Å². The van der Waals surface area contributed by atoms with Gasteiger partial charge in [-0.25, -0.2) is 4.79 Å². The third kappa shape index (κ3) is 4.80. The average Bonchev–Trinajstić information content (AvgIpc) is 2.79. The Morgan fingerprint density at radius 3 is 2.94 bits per heavy atom. The fourth-order valence-electron chi connectivity index (χ4n) is 4.88.